The summed E-state index contributed by atoms with van der Waals surface area (Å²) in [5.41, 5.74) is -1.26. The number of aromatic hydroxyl groups is 1. The van der Waals surface area contributed by atoms with Crippen LogP contribution >= 0.6 is 0 Å². The lowest BCUT2D eigenvalue weighted by atomic mass is 9.51. The third kappa shape index (κ3) is 3.30. The van der Waals surface area contributed by atoms with Gasteiger partial charge < -0.3 is 19.3 Å². The number of hydrogen-bond acceptors (Lipinski definition) is 7. The average Bonchev–Trinajstić information content (AvgIpc) is 3.03. The smallest absolute Gasteiger partial charge is 0.200 e. The second kappa shape index (κ2) is 8.29. The maximum absolute atomic E-state index is 14.5. The number of benzene rings is 1. The normalized spacial score (nSPS) is 31.9. The van der Waals surface area contributed by atoms with Crippen molar-refractivity contribution in [2.45, 2.75) is 90.1 Å². The molecule has 7 heteroatoms. The van der Waals surface area contributed by atoms with Crippen molar-refractivity contribution >= 4 is 23.9 Å². The van der Waals surface area contributed by atoms with Crippen LogP contribution in [0.1, 0.15) is 82.8 Å². The largest absolute Gasteiger partial charge is 0.506 e. The molecular formula is C33H36O7. The number of fused-ring (bicyclic) bond motifs is 2. The lowest BCUT2D eigenvalue weighted by Crippen LogP contribution is -2.72. The number of carbonyl (C=O) groups is 3. The number of rotatable bonds is 5. The Kier molecular flexibility index (Phi) is 5.54. The molecule has 3 aliphatic carbocycles. The molecule has 0 radical (unpaired) electrons. The Morgan fingerprint density at radius 2 is 1.80 bits per heavy atom. The minimum Gasteiger partial charge on any atom is -0.506 e. The average molecular weight is 545 g/mol. The molecule has 7 rings (SSSR count). The summed E-state index contributed by atoms with van der Waals surface area (Å²) in [6.07, 6.45) is 10.8. The van der Waals surface area contributed by atoms with Gasteiger partial charge in [-0.1, -0.05) is 23.8 Å². The molecule has 1 saturated carbocycles. The highest BCUT2D eigenvalue weighted by atomic mass is 16.6. The van der Waals surface area contributed by atoms with E-state index in [-0.39, 0.29) is 41.0 Å². The first kappa shape index (κ1) is 26.8. The van der Waals surface area contributed by atoms with Crippen LogP contribution in [0.4, 0.5) is 0 Å². The molecule has 4 bridgehead atoms. The van der Waals surface area contributed by atoms with Crippen molar-refractivity contribution < 1.29 is 33.7 Å². The molecule has 0 amide bonds. The quantitative estimate of drug-likeness (QED) is 0.292. The number of aldehydes is 1. The predicted octanol–water partition coefficient (Wildman–Crippen LogP) is 5.63. The Hall–Kier alpha value is -3.45. The zero-order valence-corrected chi connectivity index (χ0v) is 24.1. The molecule has 6 aliphatic rings. The molecule has 40 heavy (non-hydrogen) atoms. The van der Waals surface area contributed by atoms with E-state index >= 15 is 0 Å². The van der Waals surface area contributed by atoms with Crippen LogP contribution < -0.4 is 9.47 Å². The van der Waals surface area contributed by atoms with E-state index in [2.05, 4.69) is 0 Å². The lowest BCUT2D eigenvalue weighted by Gasteiger charge is -2.56. The van der Waals surface area contributed by atoms with Crippen molar-refractivity contribution in [2.24, 2.45) is 11.8 Å². The Morgan fingerprint density at radius 3 is 2.48 bits per heavy atom. The molecule has 3 aliphatic heterocycles. The van der Waals surface area contributed by atoms with Crippen LogP contribution in [0, 0.1) is 11.8 Å². The topological polar surface area (TPSA) is 99.1 Å². The van der Waals surface area contributed by atoms with E-state index < -0.39 is 28.3 Å². The zero-order valence-electron chi connectivity index (χ0n) is 24.1. The van der Waals surface area contributed by atoms with Crippen molar-refractivity contribution in [3.63, 3.8) is 0 Å². The van der Waals surface area contributed by atoms with Crippen LogP contribution in [-0.4, -0.2) is 45.4 Å². The van der Waals surface area contributed by atoms with Gasteiger partial charge in [0.1, 0.15) is 34.7 Å². The van der Waals surface area contributed by atoms with E-state index in [1.807, 2.05) is 53.7 Å². The molecule has 210 valence electrons. The fourth-order valence-electron chi connectivity index (χ4n) is 7.41. The minimum absolute atomic E-state index is 0.0905. The van der Waals surface area contributed by atoms with Gasteiger partial charge in [0.15, 0.2) is 22.8 Å². The molecular weight excluding hydrogens is 508 g/mol. The zero-order chi connectivity index (χ0) is 29.0. The number of Topliss-reactive ketones (excluding diaryl/α,β-unsaturated/α-hetero) is 2. The maximum Gasteiger partial charge on any atom is 0.200 e. The molecule has 1 unspecified atom stereocenters. The minimum atomic E-state index is -1.49. The molecule has 1 aromatic rings. The van der Waals surface area contributed by atoms with Crippen LogP contribution in [0.2, 0.25) is 0 Å². The van der Waals surface area contributed by atoms with Gasteiger partial charge in [0, 0.05) is 29.4 Å². The standard InChI is InChI=1S/C33H36O7/c1-17(2)8-9-21-27-20(11-12-30(4,5)38-27)25(35)24-26(36)22-14-19-15-23-31(6,7)40-32(29(19)37,13-10-18(3)16-34)33(22,23)39-28(21)24/h8,10-12,14,16,19,23,35H,9,13,15H2,1-7H3/b18-10-/t19-,23-,32?,33-/m1/s1. The number of carbonyl (C=O) groups excluding carboxylic acids is 3. The summed E-state index contributed by atoms with van der Waals surface area (Å²) in [6, 6.07) is 0. The van der Waals surface area contributed by atoms with E-state index in [0.29, 0.717) is 40.9 Å². The van der Waals surface area contributed by atoms with E-state index in [1.54, 1.807) is 25.2 Å². The van der Waals surface area contributed by atoms with Crippen LogP contribution in [0.3, 0.4) is 0 Å². The number of phenols is 1. The molecule has 0 aromatic heterocycles. The highest BCUT2D eigenvalue weighted by Crippen LogP contribution is 2.68. The van der Waals surface area contributed by atoms with Crippen LogP contribution in [0.25, 0.3) is 6.08 Å². The first-order chi connectivity index (χ1) is 18.7. The first-order valence-corrected chi connectivity index (χ1v) is 13.9. The predicted molar refractivity (Wildman–Crippen MR) is 150 cm³/mol. The Balaban J connectivity index is 1.67. The van der Waals surface area contributed by atoms with E-state index in [0.717, 1.165) is 11.9 Å². The molecule has 1 saturated heterocycles. The van der Waals surface area contributed by atoms with Crippen LogP contribution in [0.5, 0.6) is 17.2 Å². The first-order valence-electron chi connectivity index (χ1n) is 13.9. The lowest BCUT2D eigenvalue weighted by molar-refractivity contribution is -0.171. The highest BCUT2D eigenvalue weighted by Gasteiger charge is 2.81. The van der Waals surface area contributed by atoms with Gasteiger partial charge in [0.05, 0.1) is 11.2 Å². The summed E-state index contributed by atoms with van der Waals surface area (Å²) < 4.78 is 20.2. The van der Waals surface area contributed by atoms with Crippen LogP contribution in [0.15, 0.2) is 41.0 Å². The second-order valence-corrected chi connectivity index (χ2v) is 13.1. The molecule has 3 heterocycles. The van der Waals surface area contributed by atoms with Crippen LogP contribution in [-0.2, 0) is 20.7 Å². The van der Waals surface area contributed by atoms with Crippen molar-refractivity contribution in [1.82, 2.24) is 0 Å². The molecule has 7 nitrogen and oxygen atoms in total. The number of ether oxygens (including phenoxy) is 3. The van der Waals surface area contributed by atoms with Crippen molar-refractivity contribution in [2.75, 3.05) is 0 Å². The summed E-state index contributed by atoms with van der Waals surface area (Å²) in [5, 5.41) is 11.5. The molecule has 1 aromatic carbocycles. The summed E-state index contributed by atoms with van der Waals surface area (Å²) in [4.78, 5) is 40.1. The van der Waals surface area contributed by atoms with Gasteiger partial charge in [-0.25, -0.2) is 0 Å². The van der Waals surface area contributed by atoms with E-state index in [9.17, 15) is 19.5 Å². The van der Waals surface area contributed by atoms with Crippen molar-refractivity contribution in [3.8, 4) is 17.2 Å². The third-order valence-electron chi connectivity index (χ3n) is 9.23. The Bertz CT molecular complexity index is 1510. The van der Waals surface area contributed by atoms with Gasteiger partial charge in [-0.05, 0) is 79.0 Å². The third-order valence-corrected chi connectivity index (χ3v) is 9.23. The number of hydrogen-bond donors (Lipinski definition) is 1. The van der Waals surface area contributed by atoms with Gasteiger partial charge in [-0.3, -0.25) is 14.4 Å². The molecule has 4 atom stereocenters. The highest BCUT2D eigenvalue weighted by molar-refractivity contribution is 6.19. The van der Waals surface area contributed by atoms with E-state index in [1.165, 1.54) is 0 Å². The fraction of sp³-hybridized carbons (Fsp3) is 0.485. The van der Waals surface area contributed by atoms with E-state index in [4.69, 9.17) is 14.2 Å². The SMILES string of the molecule is CC(C)=CCc1c2c(c(O)c3c1O[C@]14C(=C[C@@H]5C[C@@H]1C(C)(C)OC4(C/C=C(/C)C=O)C5=O)C3=O)C=CC(C)(C)O2. The summed E-state index contributed by atoms with van der Waals surface area (Å²) in [7, 11) is 0. The number of ketones is 2. The van der Waals surface area contributed by atoms with Gasteiger partial charge in [-0.15, -0.1) is 0 Å². The van der Waals surface area contributed by atoms with Crippen molar-refractivity contribution in [1.29, 1.82) is 0 Å². The number of phenolic OH excluding ortho intramolecular Hbond substituents is 1. The van der Waals surface area contributed by atoms with Gasteiger partial charge >= 0.3 is 0 Å². The summed E-state index contributed by atoms with van der Waals surface area (Å²) in [6.45, 7) is 13.4. The van der Waals surface area contributed by atoms with Gasteiger partial charge in [0.2, 0.25) is 0 Å². The fourth-order valence-corrected chi connectivity index (χ4v) is 7.41. The van der Waals surface area contributed by atoms with Gasteiger partial charge in [-0.2, -0.15) is 0 Å². The Labute approximate surface area is 234 Å². The molecule has 2 fully saturated rings. The van der Waals surface area contributed by atoms with Crippen molar-refractivity contribution in [3.05, 3.63) is 57.7 Å². The Morgan fingerprint density at radius 1 is 1.07 bits per heavy atom. The monoisotopic (exact) mass is 544 g/mol. The molecule has 1 N–H and O–H groups in total. The van der Waals surface area contributed by atoms with Gasteiger partial charge in [0.25, 0.3) is 0 Å². The second-order valence-electron chi connectivity index (χ2n) is 13.1. The summed E-state index contributed by atoms with van der Waals surface area (Å²) in [5.74, 6) is -0.814. The molecule has 1 spiro atoms. The summed E-state index contributed by atoms with van der Waals surface area (Å²) >= 11 is 0. The maximum atomic E-state index is 14.5. The number of allylic oxidation sites excluding steroid dienone is 4.